The standard InChI is InChI=1S/C19H34O3/c1-19(2,3)15-17(16-20)13-11-9-7-5-6-8-10-12-14-18(21)22-4/h9,11,15,20H,5-8,10,12-14,16H2,1-4H3/b11-9+,17-15-. The molecule has 0 aromatic heterocycles. The summed E-state index contributed by atoms with van der Waals surface area (Å²) >= 11 is 0. The predicted octanol–water partition coefficient (Wildman–Crippen LogP) is 4.80. The van der Waals surface area contributed by atoms with Crippen LogP contribution in [0.25, 0.3) is 0 Å². The molecule has 0 aliphatic carbocycles. The average molecular weight is 310 g/mol. The molecule has 0 atom stereocenters. The summed E-state index contributed by atoms with van der Waals surface area (Å²) in [5, 5.41) is 9.33. The van der Waals surface area contributed by atoms with Gasteiger partial charge in [0.1, 0.15) is 0 Å². The lowest BCUT2D eigenvalue weighted by Crippen LogP contribution is -2.03. The Hall–Kier alpha value is -1.09. The number of carbonyl (C=O) groups is 1. The molecular weight excluding hydrogens is 276 g/mol. The second kappa shape index (κ2) is 12.5. The molecule has 0 rings (SSSR count). The number of rotatable bonds is 11. The van der Waals surface area contributed by atoms with Crippen molar-refractivity contribution >= 4 is 5.97 Å². The van der Waals surface area contributed by atoms with Crippen LogP contribution in [0.4, 0.5) is 0 Å². The van der Waals surface area contributed by atoms with Gasteiger partial charge < -0.3 is 9.84 Å². The zero-order valence-corrected chi connectivity index (χ0v) is 14.9. The van der Waals surface area contributed by atoms with Crippen molar-refractivity contribution in [3.8, 4) is 0 Å². The number of methoxy groups -OCH3 is 1. The van der Waals surface area contributed by atoms with Crippen molar-refractivity contribution in [1.29, 1.82) is 0 Å². The van der Waals surface area contributed by atoms with Gasteiger partial charge in [0.25, 0.3) is 0 Å². The second-order valence-electron chi connectivity index (χ2n) is 6.88. The molecule has 0 amide bonds. The minimum atomic E-state index is -0.106. The van der Waals surface area contributed by atoms with Crippen LogP contribution in [-0.2, 0) is 9.53 Å². The van der Waals surface area contributed by atoms with Crippen molar-refractivity contribution in [3.63, 3.8) is 0 Å². The first-order valence-corrected chi connectivity index (χ1v) is 8.42. The van der Waals surface area contributed by atoms with Crippen LogP contribution in [0.1, 0.15) is 72.1 Å². The maximum atomic E-state index is 10.9. The molecule has 128 valence electrons. The van der Waals surface area contributed by atoms with E-state index in [0.717, 1.165) is 31.3 Å². The van der Waals surface area contributed by atoms with E-state index in [0.29, 0.717) is 6.42 Å². The smallest absolute Gasteiger partial charge is 0.305 e. The largest absolute Gasteiger partial charge is 0.469 e. The van der Waals surface area contributed by atoms with Gasteiger partial charge in [0.05, 0.1) is 13.7 Å². The molecule has 0 radical (unpaired) electrons. The highest BCUT2D eigenvalue weighted by molar-refractivity contribution is 5.68. The van der Waals surface area contributed by atoms with Crippen molar-refractivity contribution < 1.29 is 14.6 Å². The van der Waals surface area contributed by atoms with E-state index in [-0.39, 0.29) is 18.0 Å². The summed E-state index contributed by atoms with van der Waals surface area (Å²) in [7, 11) is 1.44. The van der Waals surface area contributed by atoms with Gasteiger partial charge in [-0.15, -0.1) is 0 Å². The summed E-state index contributed by atoms with van der Waals surface area (Å²) in [5.74, 6) is -0.106. The molecule has 0 spiro atoms. The Kier molecular flexibility index (Phi) is 11.8. The van der Waals surface area contributed by atoms with Gasteiger partial charge in [-0.2, -0.15) is 0 Å². The number of hydrogen-bond acceptors (Lipinski definition) is 3. The molecule has 0 heterocycles. The van der Waals surface area contributed by atoms with Crippen molar-refractivity contribution in [3.05, 3.63) is 23.8 Å². The molecule has 0 unspecified atom stereocenters. The van der Waals surface area contributed by atoms with Crippen LogP contribution in [-0.4, -0.2) is 24.8 Å². The zero-order chi connectivity index (χ0) is 16.8. The number of aliphatic hydroxyl groups is 1. The van der Waals surface area contributed by atoms with Gasteiger partial charge in [-0.05, 0) is 36.7 Å². The SMILES string of the molecule is COC(=O)CCCCCCC/C=C/C/C(=C/C(C)(C)C)CO. The van der Waals surface area contributed by atoms with E-state index in [1.54, 1.807) is 0 Å². The number of ether oxygens (including phenoxy) is 1. The molecule has 22 heavy (non-hydrogen) atoms. The van der Waals surface area contributed by atoms with E-state index in [9.17, 15) is 9.90 Å². The Balaban J connectivity index is 3.63. The third-order valence-electron chi connectivity index (χ3n) is 3.37. The fourth-order valence-electron chi connectivity index (χ4n) is 2.30. The van der Waals surface area contributed by atoms with Gasteiger partial charge in [-0.3, -0.25) is 4.79 Å². The van der Waals surface area contributed by atoms with E-state index in [4.69, 9.17) is 0 Å². The monoisotopic (exact) mass is 310 g/mol. The molecule has 0 saturated carbocycles. The van der Waals surface area contributed by atoms with Crippen LogP contribution in [0, 0.1) is 5.41 Å². The van der Waals surface area contributed by atoms with Gasteiger partial charge >= 0.3 is 5.97 Å². The fraction of sp³-hybridized carbons (Fsp3) is 0.737. The molecule has 0 bridgehead atoms. The van der Waals surface area contributed by atoms with Crippen LogP contribution >= 0.6 is 0 Å². The summed E-state index contributed by atoms with van der Waals surface area (Å²) in [6.45, 7) is 6.58. The number of aliphatic hydroxyl groups excluding tert-OH is 1. The first kappa shape index (κ1) is 20.9. The molecule has 0 aliphatic rings. The van der Waals surface area contributed by atoms with Gasteiger partial charge in [-0.1, -0.05) is 58.3 Å². The second-order valence-corrected chi connectivity index (χ2v) is 6.88. The Morgan fingerprint density at radius 2 is 1.68 bits per heavy atom. The summed E-state index contributed by atoms with van der Waals surface area (Å²) < 4.78 is 4.61. The molecule has 0 fully saturated rings. The van der Waals surface area contributed by atoms with Gasteiger partial charge in [0, 0.05) is 6.42 Å². The Morgan fingerprint density at radius 1 is 1.05 bits per heavy atom. The Labute approximate surface area is 136 Å². The molecule has 3 nitrogen and oxygen atoms in total. The minimum absolute atomic E-state index is 0.106. The number of unbranched alkanes of at least 4 members (excludes halogenated alkanes) is 5. The van der Waals surface area contributed by atoms with E-state index >= 15 is 0 Å². The topological polar surface area (TPSA) is 46.5 Å². The molecule has 0 aromatic rings. The zero-order valence-electron chi connectivity index (χ0n) is 14.9. The molecule has 0 saturated heterocycles. The maximum Gasteiger partial charge on any atom is 0.305 e. The van der Waals surface area contributed by atoms with Crippen molar-refractivity contribution in [1.82, 2.24) is 0 Å². The quantitative estimate of drug-likeness (QED) is 0.339. The number of carbonyl (C=O) groups excluding carboxylic acids is 1. The minimum Gasteiger partial charge on any atom is -0.469 e. The van der Waals surface area contributed by atoms with E-state index in [1.807, 2.05) is 0 Å². The lowest BCUT2D eigenvalue weighted by atomic mass is 9.92. The lowest BCUT2D eigenvalue weighted by molar-refractivity contribution is -0.140. The summed E-state index contributed by atoms with van der Waals surface area (Å²) in [5.41, 5.74) is 1.21. The van der Waals surface area contributed by atoms with Crippen molar-refractivity contribution in [2.24, 2.45) is 5.41 Å². The lowest BCUT2D eigenvalue weighted by Gasteiger charge is -2.14. The highest BCUT2D eigenvalue weighted by Gasteiger charge is 2.07. The van der Waals surface area contributed by atoms with Crippen molar-refractivity contribution in [2.45, 2.75) is 72.1 Å². The van der Waals surface area contributed by atoms with E-state index in [1.165, 1.54) is 26.4 Å². The van der Waals surface area contributed by atoms with Crippen LogP contribution in [0.3, 0.4) is 0 Å². The van der Waals surface area contributed by atoms with E-state index < -0.39 is 0 Å². The Bertz CT molecular complexity index is 348. The molecule has 3 heteroatoms. The van der Waals surface area contributed by atoms with Crippen LogP contribution in [0.15, 0.2) is 23.8 Å². The molecule has 1 N–H and O–H groups in total. The van der Waals surface area contributed by atoms with Gasteiger partial charge in [0.15, 0.2) is 0 Å². The number of hydrogen-bond donors (Lipinski definition) is 1. The summed E-state index contributed by atoms with van der Waals surface area (Å²) in [6.07, 6.45) is 14.6. The first-order chi connectivity index (χ1) is 10.4. The van der Waals surface area contributed by atoms with Gasteiger partial charge in [0.2, 0.25) is 0 Å². The fourth-order valence-corrected chi connectivity index (χ4v) is 2.30. The molecule has 0 aromatic carbocycles. The third-order valence-corrected chi connectivity index (χ3v) is 3.37. The molecule has 0 aliphatic heterocycles. The maximum absolute atomic E-state index is 10.9. The third kappa shape index (κ3) is 13.9. The van der Waals surface area contributed by atoms with Gasteiger partial charge in [-0.25, -0.2) is 0 Å². The average Bonchev–Trinajstić information content (AvgIpc) is 2.46. The van der Waals surface area contributed by atoms with E-state index in [2.05, 4.69) is 43.7 Å². The van der Waals surface area contributed by atoms with Crippen molar-refractivity contribution in [2.75, 3.05) is 13.7 Å². The summed E-state index contributed by atoms with van der Waals surface area (Å²) in [6, 6.07) is 0. The number of allylic oxidation sites excluding steroid dienone is 3. The highest BCUT2D eigenvalue weighted by atomic mass is 16.5. The van der Waals surface area contributed by atoms with Crippen LogP contribution in [0.5, 0.6) is 0 Å². The Morgan fingerprint density at radius 3 is 2.27 bits per heavy atom. The van der Waals surface area contributed by atoms with Crippen LogP contribution < -0.4 is 0 Å². The normalized spacial score (nSPS) is 12.9. The number of esters is 1. The first-order valence-electron chi connectivity index (χ1n) is 8.42. The summed E-state index contributed by atoms with van der Waals surface area (Å²) in [4.78, 5) is 10.9. The highest BCUT2D eigenvalue weighted by Crippen LogP contribution is 2.19. The molecular formula is C19H34O3. The predicted molar refractivity (Wildman–Crippen MR) is 92.7 cm³/mol. The van der Waals surface area contributed by atoms with Crippen LogP contribution in [0.2, 0.25) is 0 Å².